The number of hydrogen-bond donors (Lipinski definition) is 2. The third-order valence-electron chi connectivity index (χ3n) is 3.24. The van der Waals surface area contributed by atoms with E-state index in [0.717, 1.165) is 0 Å². The lowest BCUT2D eigenvalue weighted by atomic mass is 9.76. The normalized spacial score (nSPS) is 14.4. The summed E-state index contributed by atoms with van der Waals surface area (Å²) in [5.74, 6) is 0. The first-order chi connectivity index (χ1) is 12.2. The standard InChI is InChI=1S/C12H7BF12O3/c14-8(15,16)4-28-9(11(20,21)22,12(23,24)25)5-1-6(10(17,18)19)3-7(2-5)13(26)27/h1-3,26-27H,4H2. The fourth-order valence-corrected chi connectivity index (χ4v) is 2.09. The van der Waals surface area contributed by atoms with Gasteiger partial charge in [0, 0.05) is 5.56 Å². The molecule has 0 aromatic heterocycles. The van der Waals surface area contributed by atoms with Crippen LogP contribution in [-0.2, 0) is 16.5 Å². The van der Waals surface area contributed by atoms with Gasteiger partial charge in [0.05, 0.1) is 5.56 Å². The van der Waals surface area contributed by atoms with E-state index in [1.807, 2.05) is 0 Å². The van der Waals surface area contributed by atoms with Gasteiger partial charge in [0.25, 0.3) is 5.60 Å². The minimum atomic E-state index is -6.71. The van der Waals surface area contributed by atoms with E-state index in [1.165, 1.54) is 0 Å². The molecule has 0 atom stereocenters. The smallest absolute Gasteiger partial charge is 0.423 e. The van der Waals surface area contributed by atoms with Crippen LogP contribution in [0.3, 0.4) is 0 Å². The van der Waals surface area contributed by atoms with Crippen molar-refractivity contribution in [2.75, 3.05) is 6.61 Å². The maximum Gasteiger partial charge on any atom is 0.488 e. The maximum atomic E-state index is 13.3. The average molecular weight is 438 g/mol. The Morgan fingerprint density at radius 1 is 0.714 bits per heavy atom. The van der Waals surface area contributed by atoms with Crippen LogP contribution in [0, 0.1) is 0 Å². The van der Waals surface area contributed by atoms with Gasteiger partial charge in [-0.3, -0.25) is 0 Å². The van der Waals surface area contributed by atoms with Crippen molar-refractivity contribution < 1.29 is 67.5 Å². The molecule has 0 spiro atoms. The Morgan fingerprint density at radius 3 is 1.46 bits per heavy atom. The summed E-state index contributed by atoms with van der Waals surface area (Å²) in [5, 5.41) is 17.7. The van der Waals surface area contributed by atoms with Gasteiger partial charge >= 0.3 is 31.8 Å². The molecular formula is C12H7BF12O3. The Balaban J connectivity index is 3.90. The summed E-state index contributed by atoms with van der Waals surface area (Å²) in [6, 6.07) is -1.31. The number of ether oxygens (including phenoxy) is 1. The van der Waals surface area contributed by atoms with Crippen LogP contribution in [0.25, 0.3) is 0 Å². The second kappa shape index (κ2) is 7.29. The molecule has 3 nitrogen and oxygen atoms in total. The fraction of sp³-hybridized carbons (Fsp3) is 0.500. The van der Waals surface area contributed by atoms with Gasteiger partial charge in [-0.1, -0.05) is 12.1 Å². The lowest BCUT2D eigenvalue weighted by Gasteiger charge is -2.38. The van der Waals surface area contributed by atoms with E-state index in [1.54, 1.807) is 0 Å². The lowest BCUT2D eigenvalue weighted by molar-refractivity contribution is -0.400. The SMILES string of the molecule is OB(O)c1cc(C(F)(F)F)cc(C(OCC(F)(F)F)(C(F)(F)F)C(F)(F)F)c1. The molecule has 160 valence electrons. The fourth-order valence-electron chi connectivity index (χ4n) is 2.09. The molecule has 28 heavy (non-hydrogen) atoms. The van der Waals surface area contributed by atoms with Crippen molar-refractivity contribution in [1.29, 1.82) is 0 Å². The van der Waals surface area contributed by atoms with Crippen LogP contribution in [0.5, 0.6) is 0 Å². The summed E-state index contributed by atoms with van der Waals surface area (Å²) >= 11 is 0. The Hall–Kier alpha value is -1.68. The molecule has 0 bridgehead atoms. The minimum Gasteiger partial charge on any atom is -0.423 e. The lowest BCUT2D eigenvalue weighted by Crippen LogP contribution is -2.57. The molecule has 0 aliphatic carbocycles. The first-order valence-electron chi connectivity index (χ1n) is 6.65. The quantitative estimate of drug-likeness (QED) is 0.561. The van der Waals surface area contributed by atoms with Crippen LogP contribution < -0.4 is 5.46 Å². The van der Waals surface area contributed by atoms with Crippen LogP contribution in [-0.4, -0.2) is 42.3 Å². The Morgan fingerprint density at radius 2 is 1.14 bits per heavy atom. The number of hydrogen-bond acceptors (Lipinski definition) is 3. The zero-order valence-electron chi connectivity index (χ0n) is 12.9. The van der Waals surface area contributed by atoms with Gasteiger partial charge in [0.15, 0.2) is 0 Å². The van der Waals surface area contributed by atoms with Crippen molar-refractivity contribution in [3.05, 3.63) is 29.3 Å². The summed E-state index contributed by atoms with van der Waals surface area (Å²) in [4.78, 5) is 0. The van der Waals surface area contributed by atoms with E-state index >= 15 is 0 Å². The van der Waals surface area contributed by atoms with Gasteiger partial charge in [0.2, 0.25) is 0 Å². The molecule has 0 heterocycles. The number of rotatable bonds is 4. The van der Waals surface area contributed by atoms with Gasteiger partial charge in [-0.15, -0.1) is 0 Å². The zero-order chi connectivity index (χ0) is 22.3. The molecule has 1 aromatic carbocycles. The highest BCUT2D eigenvalue weighted by Crippen LogP contribution is 2.53. The summed E-state index contributed by atoms with van der Waals surface area (Å²) in [7, 11) is -2.97. The summed E-state index contributed by atoms with van der Waals surface area (Å²) in [6.45, 7) is -3.11. The van der Waals surface area contributed by atoms with Crippen molar-refractivity contribution in [2.45, 2.75) is 30.3 Å². The van der Waals surface area contributed by atoms with Gasteiger partial charge in [0.1, 0.15) is 6.61 Å². The van der Waals surface area contributed by atoms with Crippen molar-refractivity contribution in [3.8, 4) is 0 Å². The molecule has 0 aliphatic heterocycles. The first kappa shape index (κ1) is 24.4. The molecule has 0 aliphatic rings. The molecule has 0 saturated heterocycles. The third-order valence-corrected chi connectivity index (χ3v) is 3.24. The zero-order valence-corrected chi connectivity index (χ0v) is 12.9. The highest BCUT2D eigenvalue weighted by atomic mass is 19.4. The van der Waals surface area contributed by atoms with Gasteiger partial charge in [-0.25, -0.2) is 0 Å². The molecule has 1 rings (SSSR count). The van der Waals surface area contributed by atoms with E-state index in [-0.39, 0.29) is 6.07 Å². The van der Waals surface area contributed by atoms with Gasteiger partial charge < -0.3 is 14.8 Å². The van der Waals surface area contributed by atoms with Crippen LogP contribution in [0.1, 0.15) is 11.1 Å². The van der Waals surface area contributed by atoms with Crippen LogP contribution in [0.15, 0.2) is 18.2 Å². The number of halogens is 12. The van der Waals surface area contributed by atoms with E-state index in [0.29, 0.717) is 0 Å². The maximum absolute atomic E-state index is 13.3. The molecule has 0 radical (unpaired) electrons. The van der Waals surface area contributed by atoms with Crippen LogP contribution in [0.4, 0.5) is 52.7 Å². The largest absolute Gasteiger partial charge is 0.488 e. The van der Waals surface area contributed by atoms with Crippen molar-refractivity contribution >= 4 is 12.6 Å². The molecule has 2 N–H and O–H groups in total. The molecule has 0 fully saturated rings. The molecule has 0 amide bonds. The van der Waals surface area contributed by atoms with E-state index in [2.05, 4.69) is 4.74 Å². The highest BCUT2D eigenvalue weighted by molar-refractivity contribution is 6.58. The van der Waals surface area contributed by atoms with Gasteiger partial charge in [-0.2, -0.15) is 52.7 Å². The monoisotopic (exact) mass is 438 g/mol. The van der Waals surface area contributed by atoms with E-state index in [9.17, 15) is 52.7 Å². The molecule has 0 saturated carbocycles. The van der Waals surface area contributed by atoms with Crippen molar-refractivity contribution in [1.82, 2.24) is 0 Å². The summed E-state index contributed by atoms with van der Waals surface area (Å²) in [5.41, 5.74) is -12.0. The summed E-state index contributed by atoms with van der Waals surface area (Å²) < 4.78 is 158. The topological polar surface area (TPSA) is 49.7 Å². The highest BCUT2D eigenvalue weighted by Gasteiger charge is 2.74. The molecule has 1 aromatic rings. The second-order valence-corrected chi connectivity index (χ2v) is 5.30. The van der Waals surface area contributed by atoms with Gasteiger partial charge in [-0.05, 0) is 11.5 Å². The van der Waals surface area contributed by atoms with Crippen LogP contribution in [0.2, 0.25) is 0 Å². The predicted molar refractivity (Wildman–Crippen MR) is 67.1 cm³/mol. The summed E-state index contributed by atoms with van der Waals surface area (Å²) in [6.07, 6.45) is -24.7. The van der Waals surface area contributed by atoms with E-state index < -0.39 is 72.8 Å². The van der Waals surface area contributed by atoms with Crippen LogP contribution >= 0.6 is 0 Å². The number of benzene rings is 1. The second-order valence-electron chi connectivity index (χ2n) is 5.30. The Bertz CT molecular complexity index is 675. The van der Waals surface area contributed by atoms with E-state index in [4.69, 9.17) is 10.0 Å². The Labute approximate surface area is 147 Å². The average Bonchev–Trinajstić information content (AvgIpc) is 2.42. The Kier molecular flexibility index (Phi) is 6.35. The number of alkyl halides is 12. The van der Waals surface area contributed by atoms with Crippen molar-refractivity contribution in [3.63, 3.8) is 0 Å². The molecular weight excluding hydrogens is 431 g/mol. The molecule has 0 unspecified atom stereocenters. The van der Waals surface area contributed by atoms with Crippen molar-refractivity contribution in [2.24, 2.45) is 0 Å². The third kappa shape index (κ3) is 5.02. The first-order valence-corrected chi connectivity index (χ1v) is 6.65. The molecule has 16 heteroatoms. The minimum absolute atomic E-state index is 0.185. The predicted octanol–water partition coefficient (Wildman–Crippen LogP) is 3.28.